The van der Waals surface area contributed by atoms with E-state index in [0.29, 0.717) is 12.8 Å². The molecule has 20 heavy (non-hydrogen) atoms. The summed E-state index contributed by atoms with van der Waals surface area (Å²) in [6.07, 6.45) is 5.94. The van der Waals surface area contributed by atoms with Crippen molar-refractivity contribution in [2.24, 2.45) is 17.3 Å². The molecular weight excluding hydrogens is 258 g/mol. The van der Waals surface area contributed by atoms with Crippen LogP contribution in [0.3, 0.4) is 0 Å². The van der Waals surface area contributed by atoms with Crippen molar-refractivity contribution >= 4 is 11.9 Å². The lowest BCUT2D eigenvalue weighted by atomic mass is 9.51. The third-order valence-corrected chi connectivity index (χ3v) is 5.68. The van der Waals surface area contributed by atoms with Gasteiger partial charge in [0, 0.05) is 18.1 Å². The maximum Gasteiger partial charge on any atom is 0.307 e. The lowest BCUT2D eigenvalue weighted by Crippen LogP contribution is -2.68. The molecule has 1 amide bonds. The molecule has 5 nitrogen and oxygen atoms in total. The Labute approximate surface area is 119 Å². The predicted molar refractivity (Wildman–Crippen MR) is 72.1 cm³/mol. The second-order valence-corrected chi connectivity index (χ2v) is 6.46. The molecule has 3 fully saturated rings. The summed E-state index contributed by atoms with van der Waals surface area (Å²) < 4.78 is 5.76. The average Bonchev–Trinajstić information content (AvgIpc) is 2.22. The van der Waals surface area contributed by atoms with Crippen molar-refractivity contribution in [3.05, 3.63) is 0 Å². The Balaban J connectivity index is 1.56. The van der Waals surface area contributed by atoms with E-state index in [1.165, 1.54) is 6.42 Å². The van der Waals surface area contributed by atoms with Crippen molar-refractivity contribution in [2.75, 3.05) is 6.61 Å². The molecule has 1 spiro atoms. The van der Waals surface area contributed by atoms with E-state index in [1.54, 1.807) is 0 Å². The SMILES string of the molecule is CCOC1CC(NC(=O)C2CCC2C(=O)O)C12CCC2. The molecule has 3 aliphatic rings. The summed E-state index contributed by atoms with van der Waals surface area (Å²) >= 11 is 0. The van der Waals surface area contributed by atoms with Crippen molar-refractivity contribution in [1.29, 1.82) is 0 Å². The van der Waals surface area contributed by atoms with Gasteiger partial charge in [-0.05, 0) is 39.0 Å². The lowest BCUT2D eigenvalue weighted by Gasteiger charge is -2.61. The zero-order valence-electron chi connectivity index (χ0n) is 11.9. The number of carbonyl (C=O) groups excluding carboxylic acids is 1. The van der Waals surface area contributed by atoms with Crippen molar-refractivity contribution in [3.63, 3.8) is 0 Å². The second kappa shape index (κ2) is 5.02. The number of rotatable bonds is 5. The molecule has 112 valence electrons. The quantitative estimate of drug-likeness (QED) is 0.802. The van der Waals surface area contributed by atoms with E-state index in [2.05, 4.69) is 5.32 Å². The Morgan fingerprint density at radius 1 is 1.30 bits per heavy atom. The molecule has 0 bridgehead atoms. The van der Waals surface area contributed by atoms with Gasteiger partial charge in [0.2, 0.25) is 5.91 Å². The van der Waals surface area contributed by atoms with E-state index >= 15 is 0 Å². The third-order valence-electron chi connectivity index (χ3n) is 5.68. The molecule has 0 aromatic heterocycles. The van der Waals surface area contributed by atoms with Crippen LogP contribution in [0.25, 0.3) is 0 Å². The maximum absolute atomic E-state index is 12.2. The Bertz CT molecular complexity index is 418. The van der Waals surface area contributed by atoms with Gasteiger partial charge in [0.15, 0.2) is 0 Å². The van der Waals surface area contributed by atoms with Gasteiger partial charge < -0.3 is 15.2 Å². The van der Waals surface area contributed by atoms with Crippen LogP contribution in [0.5, 0.6) is 0 Å². The van der Waals surface area contributed by atoms with Crippen LogP contribution in [0.1, 0.15) is 45.4 Å². The zero-order chi connectivity index (χ0) is 14.3. The van der Waals surface area contributed by atoms with Crippen molar-refractivity contribution < 1.29 is 19.4 Å². The largest absolute Gasteiger partial charge is 0.481 e. The van der Waals surface area contributed by atoms with E-state index in [9.17, 15) is 9.59 Å². The van der Waals surface area contributed by atoms with Crippen LogP contribution >= 0.6 is 0 Å². The van der Waals surface area contributed by atoms with Gasteiger partial charge in [0.05, 0.1) is 17.9 Å². The van der Waals surface area contributed by atoms with Gasteiger partial charge in [0.25, 0.3) is 0 Å². The first kappa shape index (κ1) is 13.9. The first-order valence-electron chi connectivity index (χ1n) is 7.73. The minimum absolute atomic E-state index is 0.0603. The van der Waals surface area contributed by atoms with Crippen molar-refractivity contribution in [2.45, 2.75) is 57.6 Å². The summed E-state index contributed by atoms with van der Waals surface area (Å²) in [6, 6.07) is 0.190. The molecule has 0 aromatic carbocycles. The minimum Gasteiger partial charge on any atom is -0.481 e. The molecule has 3 rings (SSSR count). The number of carbonyl (C=O) groups is 2. The normalized spacial score (nSPS) is 37.5. The minimum atomic E-state index is -0.837. The molecule has 4 atom stereocenters. The number of hydrogen-bond donors (Lipinski definition) is 2. The molecule has 0 aromatic rings. The number of carboxylic acid groups (broad SMARTS) is 1. The molecule has 3 saturated carbocycles. The van der Waals surface area contributed by atoms with Crippen LogP contribution in [0.2, 0.25) is 0 Å². The van der Waals surface area contributed by atoms with Crippen LogP contribution < -0.4 is 5.32 Å². The fraction of sp³-hybridized carbons (Fsp3) is 0.867. The number of carboxylic acids is 1. The predicted octanol–water partition coefficient (Wildman–Crippen LogP) is 1.56. The highest BCUT2D eigenvalue weighted by Gasteiger charge is 2.59. The fourth-order valence-electron chi connectivity index (χ4n) is 4.03. The molecular formula is C15H23NO4. The van der Waals surface area contributed by atoms with Gasteiger partial charge in [-0.15, -0.1) is 0 Å². The number of aliphatic carboxylic acids is 1. The van der Waals surface area contributed by atoms with Gasteiger partial charge in [-0.1, -0.05) is 6.42 Å². The van der Waals surface area contributed by atoms with E-state index in [4.69, 9.17) is 9.84 Å². The first-order valence-corrected chi connectivity index (χ1v) is 7.73. The molecule has 5 heteroatoms. The second-order valence-electron chi connectivity index (χ2n) is 6.46. The third kappa shape index (κ3) is 1.94. The Hall–Kier alpha value is -1.10. The molecule has 4 unspecified atom stereocenters. The van der Waals surface area contributed by atoms with E-state index < -0.39 is 11.9 Å². The van der Waals surface area contributed by atoms with Crippen LogP contribution in [0.4, 0.5) is 0 Å². The van der Waals surface area contributed by atoms with Crippen LogP contribution in [-0.2, 0) is 14.3 Å². The Kier molecular flexibility index (Phi) is 3.48. The lowest BCUT2D eigenvalue weighted by molar-refractivity contribution is -0.179. The highest BCUT2D eigenvalue weighted by Crippen LogP contribution is 2.57. The topological polar surface area (TPSA) is 75.6 Å². The van der Waals surface area contributed by atoms with Crippen molar-refractivity contribution in [3.8, 4) is 0 Å². The number of nitrogens with one attached hydrogen (secondary N) is 1. The van der Waals surface area contributed by atoms with Gasteiger partial charge in [-0.3, -0.25) is 9.59 Å². The summed E-state index contributed by atoms with van der Waals surface area (Å²) in [6.45, 7) is 2.72. The molecule has 3 aliphatic carbocycles. The van der Waals surface area contributed by atoms with E-state index in [-0.39, 0.29) is 29.4 Å². The van der Waals surface area contributed by atoms with Gasteiger partial charge in [-0.25, -0.2) is 0 Å². The summed E-state index contributed by atoms with van der Waals surface area (Å²) in [5.74, 6) is -1.70. The summed E-state index contributed by atoms with van der Waals surface area (Å²) in [5.41, 5.74) is 0.147. The highest BCUT2D eigenvalue weighted by atomic mass is 16.5. The number of ether oxygens (including phenoxy) is 1. The number of amides is 1. The van der Waals surface area contributed by atoms with Crippen LogP contribution in [-0.4, -0.2) is 35.7 Å². The standard InChI is InChI=1S/C15H23NO4/c1-2-20-12-8-11(15(12)6-3-7-15)16-13(17)9-4-5-10(9)14(18)19/h9-12H,2-8H2,1H3,(H,16,17)(H,18,19). The molecule has 0 saturated heterocycles. The van der Waals surface area contributed by atoms with E-state index in [0.717, 1.165) is 25.9 Å². The highest BCUT2D eigenvalue weighted by molar-refractivity contribution is 5.86. The summed E-state index contributed by atoms with van der Waals surface area (Å²) in [5, 5.41) is 12.1. The number of hydrogen-bond acceptors (Lipinski definition) is 3. The van der Waals surface area contributed by atoms with Gasteiger partial charge in [-0.2, -0.15) is 0 Å². The van der Waals surface area contributed by atoms with Gasteiger partial charge in [0.1, 0.15) is 0 Å². The Morgan fingerprint density at radius 3 is 2.45 bits per heavy atom. The fourth-order valence-corrected chi connectivity index (χ4v) is 4.03. The molecule has 2 N–H and O–H groups in total. The molecule has 0 aliphatic heterocycles. The maximum atomic E-state index is 12.2. The monoisotopic (exact) mass is 281 g/mol. The zero-order valence-corrected chi connectivity index (χ0v) is 11.9. The first-order chi connectivity index (χ1) is 9.58. The van der Waals surface area contributed by atoms with Crippen LogP contribution in [0, 0.1) is 17.3 Å². The van der Waals surface area contributed by atoms with Crippen molar-refractivity contribution in [1.82, 2.24) is 5.32 Å². The van der Waals surface area contributed by atoms with Gasteiger partial charge >= 0.3 is 5.97 Å². The van der Waals surface area contributed by atoms with Crippen LogP contribution in [0.15, 0.2) is 0 Å². The summed E-state index contributed by atoms with van der Waals surface area (Å²) in [7, 11) is 0. The Morgan fingerprint density at radius 2 is 2.00 bits per heavy atom. The summed E-state index contributed by atoms with van der Waals surface area (Å²) in [4.78, 5) is 23.2. The average molecular weight is 281 g/mol. The van der Waals surface area contributed by atoms with E-state index in [1.807, 2.05) is 6.92 Å². The molecule has 0 heterocycles. The molecule has 0 radical (unpaired) electrons. The smallest absolute Gasteiger partial charge is 0.307 e.